The van der Waals surface area contributed by atoms with E-state index in [0.29, 0.717) is 0 Å². The second kappa shape index (κ2) is 6.50. The molecule has 2 aliphatic rings. The molecule has 2 N–H and O–H groups in total. The number of nitrogens with zero attached hydrogens (tertiary/aromatic N) is 1. The average molecular weight is 255 g/mol. The molecule has 0 aliphatic carbocycles. The summed E-state index contributed by atoms with van der Waals surface area (Å²) in [4.78, 5) is 14.5. The fourth-order valence-corrected chi connectivity index (χ4v) is 2.62. The van der Waals surface area contributed by atoms with Gasteiger partial charge in [-0.1, -0.05) is 0 Å². The quantitative estimate of drug-likeness (QED) is 0.732. The van der Waals surface area contributed by atoms with Gasteiger partial charge in [0.25, 0.3) is 0 Å². The zero-order valence-corrected chi connectivity index (χ0v) is 11.3. The monoisotopic (exact) mass is 255 g/mol. The first kappa shape index (κ1) is 13.8. The Bertz CT molecular complexity index is 271. The van der Waals surface area contributed by atoms with Crippen LogP contribution in [0, 0.1) is 5.41 Å². The lowest BCUT2D eigenvalue weighted by molar-refractivity contribution is -0.131. The van der Waals surface area contributed by atoms with Crippen molar-refractivity contribution in [3.05, 3.63) is 0 Å². The van der Waals surface area contributed by atoms with Crippen LogP contribution in [0.15, 0.2) is 0 Å². The minimum absolute atomic E-state index is 0.197. The van der Waals surface area contributed by atoms with Crippen molar-refractivity contribution < 1.29 is 9.53 Å². The number of amides is 1. The Hall–Kier alpha value is -0.650. The second-order valence-corrected chi connectivity index (χ2v) is 5.55. The van der Waals surface area contributed by atoms with Crippen LogP contribution in [0.1, 0.15) is 19.8 Å². The van der Waals surface area contributed by atoms with Crippen molar-refractivity contribution >= 4 is 5.91 Å². The minimum Gasteiger partial charge on any atom is -0.379 e. The molecule has 18 heavy (non-hydrogen) atoms. The topological polar surface area (TPSA) is 53.6 Å². The molecule has 2 saturated heterocycles. The zero-order chi connectivity index (χ0) is 12.8. The number of carbonyl (C=O) groups excluding carboxylic acids is 1. The molecule has 1 amide bonds. The highest BCUT2D eigenvalue weighted by Gasteiger charge is 2.34. The molecule has 0 aromatic carbocycles. The summed E-state index contributed by atoms with van der Waals surface area (Å²) in [6.45, 7) is 9.16. The van der Waals surface area contributed by atoms with E-state index in [-0.39, 0.29) is 11.3 Å². The van der Waals surface area contributed by atoms with Crippen LogP contribution in [0.3, 0.4) is 0 Å². The third-order valence-corrected chi connectivity index (χ3v) is 3.96. The van der Waals surface area contributed by atoms with Crippen molar-refractivity contribution in [1.82, 2.24) is 15.5 Å². The number of morpholine rings is 1. The second-order valence-electron chi connectivity index (χ2n) is 5.55. The number of hydrogen-bond donors (Lipinski definition) is 2. The van der Waals surface area contributed by atoms with Crippen LogP contribution in [0.5, 0.6) is 0 Å². The van der Waals surface area contributed by atoms with Crippen molar-refractivity contribution in [2.75, 3.05) is 52.5 Å². The van der Waals surface area contributed by atoms with E-state index in [0.717, 1.165) is 65.3 Å². The molecule has 104 valence electrons. The third-order valence-electron chi connectivity index (χ3n) is 3.96. The summed E-state index contributed by atoms with van der Waals surface area (Å²) in [5, 5.41) is 6.39. The Labute approximate surface area is 109 Å². The van der Waals surface area contributed by atoms with Gasteiger partial charge < -0.3 is 15.4 Å². The maximum Gasteiger partial charge on any atom is 0.227 e. The van der Waals surface area contributed by atoms with Gasteiger partial charge in [0.15, 0.2) is 0 Å². The van der Waals surface area contributed by atoms with Crippen molar-refractivity contribution in [1.29, 1.82) is 0 Å². The van der Waals surface area contributed by atoms with Crippen LogP contribution in [-0.4, -0.2) is 63.3 Å². The van der Waals surface area contributed by atoms with Crippen LogP contribution in [0.25, 0.3) is 0 Å². The van der Waals surface area contributed by atoms with Gasteiger partial charge in [-0.05, 0) is 26.3 Å². The normalized spacial score (nSPS) is 30.1. The van der Waals surface area contributed by atoms with Crippen LogP contribution in [-0.2, 0) is 9.53 Å². The van der Waals surface area contributed by atoms with E-state index >= 15 is 0 Å². The molecular weight excluding hydrogens is 230 g/mol. The molecule has 0 aromatic rings. The minimum atomic E-state index is -0.219. The van der Waals surface area contributed by atoms with Gasteiger partial charge in [-0.15, -0.1) is 0 Å². The van der Waals surface area contributed by atoms with Gasteiger partial charge in [0, 0.05) is 32.7 Å². The van der Waals surface area contributed by atoms with Crippen LogP contribution < -0.4 is 10.6 Å². The van der Waals surface area contributed by atoms with E-state index in [4.69, 9.17) is 4.74 Å². The smallest absolute Gasteiger partial charge is 0.227 e. The van der Waals surface area contributed by atoms with Gasteiger partial charge in [0.2, 0.25) is 5.91 Å². The van der Waals surface area contributed by atoms with E-state index < -0.39 is 0 Å². The van der Waals surface area contributed by atoms with Gasteiger partial charge in [0.1, 0.15) is 0 Å². The Morgan fingerprint density at radius 3 is 2.89 bits per heavy atom. The summed E-state index contributed by atoms with van der Waals surface area (Å²) in [6.07, 6.45) is 2.08. The van der Waals surface area contributed by atoms with Gasteiger partial charge in [-0.3, -0.25) is 9.69 Å². The fourth-order valence-electron chi connectivity index (χ4n) is 2.62. The highest BCUT2D eigenvalue weighted by Crippen LogP contribution is 2.25. The molecule has 0 aromatic heterocycles. The number of rotatable bonds is 4. The molecule has 2 aliphatic heterocycles. The van der Waals surface area contributed by atoms with Gasteiger partial charge in [-0.2, -0.15) is 0 Å². The first-order valence-electron chi connectivity index (χ1n) is 7.00. The molecule has 0 saturated carbocycles. The Morgan fingerprint density at radius 2 is 2.22 bits per heavy atom. The maximum absolute atomic E-state index is 12.2. The molecule has 1 atom stereocenters. The lowest BCUT2D eigenvalue weighted by Crippen LogP contribution is -2.50. The van der Waals surface area contributed by atoms with Gasteiger partial charge >= 0.3 is 0 Å². The number of carbonyl (C=O) groups is 1. The van der Waals surface area contributed by atoms with Crippen molar-refractivity contribution in [3.8, 4) is 0 Å². The van der Waals surface area contributed by atoms with Crippen molar-refractivity contribution in [2.24, 2.45) is 5.41 Å². The maximum atomic E-state index is 12.2. The molecule has 2 rings (SSSR count). The fraction of sp³-hybridized carbons (Fsp3) is 0.923. The van der Waals surface area contributed by atoms with Crippen LogP contribution in [0.4, 0.5) is 0 Å². The molecular formula is C13H25N3O2. The number of hydrogen-bond acceptors (Lipinski definition) is 4. The van der Waals surface area contributed by atoms with E-state index in [1.165, 1.54) is 0 Å². The van der Waals surface area contributed by atoms with E-state index in [1.54, 1.807) is 0 Å². The average Bonchev–Trinajstić information content (AvgIpc) is 2.41. The molecule has 0 spiro atoms. The first-order valence-corrected chi connectivity index (χ1v) is 7.00. The van der Waals surface area contributed by atoms with Crippen LogP contribution in [0.2, 0.25) is 0 Å². The standard InChI is InChI=1S/C13H25N3O2/c1-13(3-2-4-14-11-13)12(17)15-5-6-16-7-9-18-10-8-16/h14H,2-11H2,1H3,(H,15,17). The van der Waals surface area contributed by atoms with Crippen molar-refractivity contribution in [2.45, 2.75) is 19.8 Å². The third kappa shape index (κ3) is 3.67. The van der Waals surface area contributed by atoms with E-state index in [9.17, 15) is 4.79 Å². The summed E-state index contributed by atoms with van der Waals surface area (Å²) >= 11 is 0. The predicted molar refractivity (Wildman–Crippen MR) is 70.5 cm³/mol. The summed E-state index contributed by atoms with van der Waals surface area (Å²) < 4.78 is 5.30. The molecule has 5 heteroatoms. The molecule has 0 bridgehead atoms. The molecule has 2 fully saturated rings. The lowest BCUT2D eigenvalue weighted by Gasteiger charge is -2.33. The molecule has 0 radical (unpaired) electrons. The van der Waals surface area contributed by atoms with E-state index in [1.807, 2.05) is 0 Å². The summed E-state index contributed by atoms with van der Waals surface area (Å²) in [5.74, 6) is 0.197. The van der Waals surface area contributed by atoms with Crippen molar-refractivity contribution in [3.63, 3.8) is 0 Å². The highest BCUT2D eigenvalue weighted by molar-refractivity contribution is 5.82. The number of nitrogens with one attached hydrogen (secondary N) is 2. The van der Waals surface area contributed by atoms with Gasteiger partial charge in [-0.25, -0.2) is 0 Å². The lowest BCUT2D eigenvalue weighted by atomic mass is 9.82. The zero-order valence-electron chi connectivity index (χ0n) is 11.3. The Balaban J connectivity index is 1.67. The SMILES string of the molecule is CC1(C(=O)NCCN2CCOCC2)CCCNC1. The Kier molecular flexibility index (Phi) is 4.97. The molecule has 5 nitrogen and oxygen atoms in total. The number of piperidine rings is 1. The largest absolute Gasteiger partial charge is 0.379 e. The summed E-state index contributed by atoms with van der Waals surface area (Å²) in [7, 11) is 0. The summed E-state index contributed by atoms with van der Waals surface area (Å²) in [6, 6.07) is 0. The van der Waals surface area contributed by atoms with E-state index in [2.05, 4.69) is 22.5 Å². The molecule has 1 unspecified atom stereocenters. The van der Waals surface area contributed by atoms with Crippen LogP contribution >= 0.6 is 0 Å². The van der Waals surface area contributed by atoms with Gasteiger partial charge in [0.05, 0.1) is 18.6 Å². The molecule has 2 heterocycles. The Morgan fingerprint density at radius 1 is 1.44 bits per heavy atom. The first-order chi connectivity index (χ1) is 8.71. The highest BCUT2D eigenvalue weighted by atomic mass is 16.5. The predicted octanol–water partition coefficient (Wildman–Crippen LogP) is -0.175. The number of ether oxygens (including phenoxy) is 1. The summed E-state index contributed by atoms with van der Waals surface area (Å²) in [5.41, 5.74) is -0.219.